The monoisotopic (exact) mass is 434 g/mol. The molecule has 3 aromatic rings. The van der Waals surface area contributed by atoms with Crippen molar-refractivity contribution in [1.82, 2.24) is 8.75 Å². The number of amides is 1. The lowest BCUT2D eigenvalue weighted by Gasteiger charge is -2.18. The first kappa shape index (κ1) is 20.1. The lowest BCUT2D eigenvalue weighted by Crippen LogP contribution is -2.19. The zero-order chi connectivity index (χ0) is 21.4. The van der Waals surface area contributed by atoms with Gasteiger partial charge in [-0.2, -0.15) is 13.1 Å². The normalized spacial score (nSPS) is 13.3. The molecule has 1 aliphatic carbocycles. The van der Waals surface area contributed by atoms with Gasteiger partial charge in [-0.1, -0.05) is 6.07 Å². The van der Waals surface area contributed by atoms with E-state index in [0.29, 0.717) is 16.9 Å². The Morgan fingerprint density at radius 1 is 1.27 bits per heavy atom. The molecular weight excluding hydrogens is 417 g/mol. The van der Waals surface area contributed by atoms with Crippen LogP contribution in [-0.4, -0.2) is 21.3 Å². The molecule has 0 spiro atoms. The van der Waals surface area contributed by atoms with Gasteiger partial charge in [0, 0.05) is 11.3 Å². The summed E-state index contributed by atoms with van der Waals surface area (Å²) in [5, 5.41) is 2.68. The summed E-state index contributed by atoms with van der Waals surface area (Å²) in [6.45, 7) is 1.83. The average Bonchev–Trinajstić information content (AvgIpc) is 3.38. The molecule has 4 rings (SSSR count). The number of carbonyl (C=O) groups is 1. The fraction of sp³-hybridized carbons (Fsp3) is 0.250. The molecule has 1 aromatic heterocycles. The van der Waals surface area contributed by atoms with Crippen LogP contribution in [0.1, 0.15) is 28.8 Å². The van der Waals surface area contributed by atoms with Gasteiger partial charge in [-0.3, -0.25) is 4.79 Å². The fourth-order valence-electron chi connectivity index (χ4n) is 3.00. The van der Waals surface area contributed by atoms with Gasteiger partial charge in [0.2, 0.25) is 5.82 Å². The molecule has 0 radical (unpaired) electrons. The number of nitrogens with one attached hydrogen (secondary N) is 1. The predicted molar refractivity (Wildman–Crippen MR) is 106 cm³/mol. The number of aryl methyl sites for hydroxylation is 1. The Balaban J connectivity index is 1.75. The molecule has 3 N–H and O–H groups in total. The molecule has 6 nitrogen and oxygen atoms in total. The first-order chi connectivity index (χ1) is 14.4. The van der Waals surface area contributed by atoms with Gasteiger partial charge in [0.15, 0.2) is 17.4 Å². The van der Waals surface area contributed by atoms with E-state index in [9.17, 15) is 18.0 Å². The summed E-state index contributed by atoms with van der Waals surface area (Å²) in [5.74, 6) is -6.48. The number of halogens is 3. The number of anilines is 2. The van der Waals surface area contributed by atoms with Gasteiger partial charge in [0.1, 0.15) is 11.3 Å². The van der Waals surface area contributed by atoms with Crippen LogP contribution < -0.4 is 15.8 Å². The number of benzene rings is 2. The molecule has 0 atom stereocenters. The van der Waals surface area contributed by atoms with Crippen molar-refractivity contribution in [1.29, 1.82) is 0 Å². The van der Waals surface area contributed by atoms with E-state index in [4.69, 9.17) is 10.5 Å². The van der Waals surface area contributed by atoms with Crippen LogP contribution in [0.4, 0.5) is 24.5 Å². The van der Waals surface area contributed by atoms with Crippen molar-refractivity contribution in [2.24, 2.45) is 11.7 Å². The first-order valence-corrected chi connectivity index (χ1v) is 9.88. The fourth-order valence-corrected chi connectivity index (χ4v) is 3.44. The van der Waals surface area contributed by atoms with Crippen LogP contribution >= 0.6 is 11.7 Å². The number of primary amides is 1. The summed E-state index contributed by atoms with van der Waals surface area (Å²) < 4.78 is 56.7. The average molecular weight is 434 g/mol. The van der Waals surface area contributed by atoms with Crippen LogP contribution in [0.3, 0.4) is 0 Å². The maximum absolute atomic E-state index is 14.6. The van der Waals surface area contributed by atoms with E-state index < -0.39 is 40.4 Å². The number of nitrogens with zero attached hydrogens (tertiary/aromatic N) is 2. The van der Waals surface area contributed by atoms with Gasteiger partial charge in [0.05, 0.1) is 30.2 Å². The Labute approximate surface area is 174 Å². The van der Waals surface area contributed by atoms with Gasteiger partial charge in [-0.25, -0.2) is 8.78 Å². The van der Waals surface area contributed by atoms with Crippen molar-refractivity contribution in [3.63, 3.8) is 0 Å². The molecule has 0 aliphatic heterocycles. The molecule has 156 valence electrons. The van der Waals surface area contributed by atoms with Crippen molar-refractivity contribution >= 4 is 29.0 Å². The largest absolute Gasteiger partial charge is 0.489 e. The molecule has 0 saturated heterocycles. The molecule has 1 heterocycles. The molecular formula is C20H17F3N4O2S. The third-order valence-corrected chi connectivity index (χ3v) is 5.31. The van der Waals surface area contributed by atoms with Gasteiger partial charge < -0.3 is 15.8 Å². The Kier molecular flexibility index (Phi) is 5.33. The summed E-state index contributed by atoms with van der Waals surface area (Å²) in [4.78, 5) is 12.0. The van der Waals surface area contributed by atoms with Crippen LogP contribution in [0.5, 0.6) is 5.75 Å². The minimum absolute atomic E-state index is 0.0944. The summed E-state index contributed by atoms with van der Waals surface area (Å²) in [7, 11) is 0. The molecule has 2 aromatic carbocycles. The van der Waals surface area contributed by atoms with Gasteiger partial charge in [-0.15, -0.1) is 0 Å². The topological polar surface area (TPSA) is 90.1 Å². The summed E-state index contributed by atoms with van der Waals surface area (Å²) in [6.07, 6.45) is 3.39. The molecule has 1 fully saturated rings. The zero-order valence-corrected chi connectivity index (χ0v) is 16.7. The number of aromatic nitrogens is 2. The number of hydrogen-bond acceptors (Lipinski definition) is 6. The SMILES string of the molecule is Cc1cc(-c2cnsn2)ccc1Nc1c(F)c(F)c(F)c(OCC2CC2)c1C(N)=O. The standard InChI is InChI=1S/C20H17F3N4O2S/c1-9-6-11(13-7-25-30-27-13)4-5-12(9)26-18-14(20(24)28)19(29-8-10-2-3-10)17(23)15(21)16(18)22/h4-7,10,26H,2-3,8H2,1H3,(H2,24,28). The van der Waals surface area contributed by atoms with Crippen molar-refractivity contribution < 1.29 is 22.7 Å². The highest BCUT2D eigenvalue weighted by molar-refractivity contribution is 6.99. The number of hydrogen-bond donors (Lipinski definition) is 2. The van der Waals surface area contributed by atoms with E-state index in [-0.39, 0.29) is 12.5 Å². The Morgan fingerprint density at radius 2 is 2.03 bits per heavy atom. The lowest BCUT2D eigenvalue weighted by atomic mass is 10.1. The van der Waals surface area contributed by atoms with Gasteiger partial charge >= 0.3 is 0 Å². The molecule has 0 bridgehead atoms. The number of rotatable bonds is 7. The van der Waals surface area contributed by atoms with Crippen LogP contribution in [0.25, 0.3) is 11.3 Å². The van der Waals surface area contributed by atoms with E-state index in [1.807, 2.05) is 0 Å². The third-order valence-electron chi connectivity index (χ3n) is 4.83. The number of ether oxygens (including phenoxy) is 1. The van der Waals surface area contributed by atoms with Gasteiger partial charge in [-0.05, 0) is 43.4 Å². The highest BCUT2D eigenvalue weighted by Crippen LogP contribution is 2.39. The summed E-state index contributed by atoms with van der Waals surface area (Å²) in [5.41, 5.74) is 6.71. The molecule has 30 heavy (non-hydrogen) atoms. The second-order valence-corrected chi connectivity index (χ2v) is 7.64. The van der Waals surface area contributed by atoms with Crippen molar-refractivity contribution in [3.05, 3.63) is 53.0 Å². The van der Waals surface area contributed by atoms with Crippen LogP contribution in [-0.2, 0) is 0 Å². The summed E-state index contributed by atoms with van der Waals surface area (Å²) in [6, 6.07) is 5.09. The quantitative estimate of drug-likeness (QED) is 0.532. The highest BCUT2D eigenvalue weighted by atomic mass is 32.1. The van der Waals surface area contributed by atoms with Crippen molar-refractivity contribution in [2.75, 3.05) is 11.9 Å². The van der Waals surface area contributed by atoms with Gasteiger partial charge in [0.25, 0.3) is 5.91 Å². The Bertz CT molecular complexity index is 1120. The van der Waals surface area contributed by atoms with E-state index in [1.54, 1.807) is 31.3 Å². The first-order valence-electron chi connectivity index (χ1n) is 9.15. The smallest absolute Gasteiger partial charge is 0.254 e. The minimum Gasteiger partial charge on any atom is -0.489 e. The van der Waals surface area contributed by atoms with E-state index in [1.165, 1.54) is 0 Å². The van der Waals surface area contributed by atoms with Crippen LogP contribution in [0.15, 0.2) is 24.4 Å². The van der Waals surface area contributed by atoms with E-state index >= 15 is 0 Å². The molecule has 10 heteroatoms. The maximum Gasteiger partial charge on any atom is 0.254 e. The zero-order valence-electron chi connectivity index (χ0n) is 15.8. The lowest BCUT2D eigenvalue weighted by molar-refractivity contribution is 0.0995. The van der Waals surface area contributed by atoms with Crippen LogP contribution in [0, 0.1) is 30.3 Å². The summed E-state index contributed by atoms with van der Waals surface area (Å²) >= 11 is 1.06. The molecule has 1 amide bonds. The van der Waals surface area contributed by atoms with Crippen LogP contribution in [0.2, 0.25) is 0 Å². The molecule has 1 aliphatic rings. The predicted octanol–water partition coefficient (Wildman–Crippen LogP) is 4.56. The second-order valence-electron chi connectivity index (χ2n) is 7.09. The number of nitrogens with two attached hydrogens (primary N) is 1. The maximum atomic E-state index is 14.6. The third kappa shape index (κ3) is 3.82. The Morgan fingerprint density at radius 3 is 2.63 bits per heavy atom. The number of carbonyl (C=O) groups excluding carboxylic acids is 1. The van der Waals surface area contributed by atoms with Crippen molar-refractivity contribution in [2.45, 2.75) is 19.8 Å². The second kappa shape index (κ2) is 7.94. The minimum atomic E-state index is -1.74. The van der Waals surface area contributed by atoms with Crippen molar-refractivity contribution in [3.8, 4) is 17.0 Å². The molecule has 0 unspecified atom stereocenters. The Hall–Kier alpha value is -3.14. The van der Waals surface area contributed by atoms with E-state index in [2.05, 4.69) is 14.1 Å². The molecule has 1 saturated carbocycles. The highest BCUT2D eigenvalue weighted by Gasteiger charge is 2.31. The van der Waals surface area contributed by atoms with E-state index in [0.717, 1.165) is 30.1 Å².